The van der Waals surface area contributed by atoms with Crippen LogP contribution >= 0.6 is 0 Å². The third kappa shape index (κ3) is 1.37. The lowest BCUT2D eigenvalue weighted by Gasteiger charge is -2.19. The van der Waals surface area contributed by atoms with E-state index < -0.39 is 0 Å². The maximum Gasteiger partial charge on any atom is 0.127 e. The molecule has 2 heterocycles. The van der Waals surface area contributed by atoms with Gasteiger partial charge in [-0.2, -0.15) is 0 Å². The van der Waals surface area contributed by atoms with E-state index in [4.69, 9.17) is 4.74 Å². The highest BCUT2D eigenvalue weighted by Crippen LogP contribution is 2.38. The van der Waals surface area contributed by atoms with Gasteiger partial charge in [0.2, 0.25) is 0 Å². The van der Waals surface area contributed by atoms with Gasteiger partial charge in [-0.05, 0) is 23.8 Å². The molecule has 3 aromatic rings. The lowest BCUT2D eigenvalue weighted by molar-refractivity contribution is 0.317. The van der Waals surface area contributed by atoms with Crippen LogP contribution in [0, 0.1) is 0 Å². The minimum Gasteiger partial charge on any atom is -0.493 e. The molecule has 0 saturated carbocycles. The predicted octanol–water partition coefficient (Wildman–Crippen LogP) is 4.13. The first-order valence-corrected chi connectivity index (χ1v) is 6.58. The number of benzene rings is 2. The Labute approximate surface area is 111 Å². The number of ether oxygens (including phenoxy) is 1. The van der Waals surface area contributed by atoms with Crippen molar-refractivity contribution < 1.29 is 4.74 Å². The van der Waals surface area contributed by atoms with Crippen molar-refractivity contribution in [3.05, 3.63) is 48.5 Å². The van der Waals surface area contributed by atoms with Gasteiger partial charge < -0.3 is 9.30 Å². The molecule has 0 aliphatic carbocycles. The monoisotopic (exact) mass is 249 g/mol. The fourth-order valence-corrected chi connectivity index (χ4v) is 3.00. The topological polar surface area (TPSA) is 14.2 Å². The number of hydrogen-bond acceptors (Lipinski definition) is 1. The van der Waals surface area contributed by atoms with Crippen LogP contribution < -0.4 is 4.74 Å². The third-order valence-electron chi connectivity index (χ3n) is 4.06. The number of para-hydroxylation sites is 1. The fraction of sp³-hybridized carbons (Fsp3) is 0.176. The summed E-state index contributed by atoms with van der Waals surface area (Å²) >= 11 is 0. The van der Waals surface area contributed by atoms with E-state index in [-0.39, 0.29) is 0 Å². The Morgan fingerprint density at radius 3 is 2.84 bits per heavy atom. The maximum absolute atomic E-state index is 5.79. The average Bonchev–Trinajstić information content (AvgIpc) is 2.72. The molecule has 0 atom stereocenters. The third-order valence-corrected chi connectivity index (χ3v) is 4.06. The smallest absolute Gasteiger partial charge is 0.127 e. The van der Waals surface area contributed by atoms with Crippen molar-refractivity contribution in [1.29, 1.82) is 0 Å². The van der Waals surface area contributed by atoms with E-state index in [1.165, 1.54) is 27.4 Å². The van der Waals surface area contributed by atoms with Crippen LogP contribution in [0.4, 0.5) is 0 Å². The Hall–Kier alpha value is -2.22. The van der Waals surface area contributed by atoms with E-state index in [1.807, 2.05) is 0 Å². The van der Waals surface area contributed by atoms with Crippen molar-refractivity contribution in [3.63, 3.8) is 0 Å². The first-order chi connectivity index (χ1) is 9.25. The predicted molar refractivity (Wildman–Crippen MR) is 79.6 cm³/mol. The Morgan fingerprint density at radius 2 is 1.95 bits per heavy atom. The second kappa shape index (κ2) is 3.64. The summed E-state index contributed by atoms with van der Waals surface area (Å²) in [6.45, 7) is 4.89. The molecule has 0 unspecified atom stereocenters. The lowest BCUT2D eigenvalue weighted by atomic mass is 9.99. The number of hydrogen-bond donors (Lipinski definition) is 0. The van der Waals surface area contributed by atoms with Gasteiger partial charge in [0.1, 0.15) is 5.75 Å². The normalized spacial score (nSPS) is 14.7. The molecular weight excluding hydrogens is 234 g/mol. The minimum atomic E-state index is 0.738. The number of rotatable bonds is 0. The molecule has 1 aliphatic heterocycles. The van der Waals surface area contributed by atoms with Crippen LogP contribution in [0.15, 0.2) is 43.0 Å². The van der Waals surface area contributed by atoms with E-state index >= 15 is 0 Å². The van der Waals surface area contributed by atoms with Crippen molar-refractivity contribution in [1.82, 2.24) is 4.57 Å². The standard InChI is InChI=1S/C17H15NO/c1-11-7-8-19-17-10-14-12-5-3-4-6-15(12)18(2)16(14)9-13(11)17/h3-6,9-10H,1,7-8H2,2H3. The lowest BCUT2D eigenvalue weighted by Crippen LogP contribution is -2.07. The van der Waals surface area contributed by atoms with Crippen LogP contribution in [0.3, 0.4) is 0 Å². The van der Waals surface area contributed by atoms with E-state index in [9.17, 15) is 0 Å². The van der Waals surface area contributed by atoms with Gasteiger partial charge in [0, 0.05) is 40.8 Å². The number of fused-ring (bicyclic) bond motifs is 4. The first kappa shape index (κ1) is 10.7. The first-order valence-electron chi connectivity index (χ1n) is 6.58. The largest absolute Gasteiger partial charge is 0.493 e. The van der Waals surface area contributed by atoms with Crippen LogP contribution in [-0.4, -0.2) is 11.2 Å². The Balaban J connectivity index is 2.18. The van der Waals surface area contributed by atoms with E-state index in [1.54, 1.807) is 0 Å². The van der Waals surface area contributed by atoms with Crippen molar-refractivity contribution in [3.8, 4) is 5.75 Å². The molecular formula is C17H15NO. The molecule has 0 amide bonds. The number of aromatic nitrogens is 1. The SMILES string of the molecule is C=C1CCOc2cc3c4ccccc4n(C)c3cc21. The van der Waals surface area contributed by atoms with Crippen LogP contribution in [0.1, 0.15) is 12.0 Å². The number of nitrogens with zero attached hydrogens (tertiary/aromatic N) is 1. The van der Waals surface area contributed by atoms with Gasteiger partial charge in [-0.1, -0.05) is 24.8 Å². The van der Waals surface area contributed by atoms with Crippen molar-refractivity contribution >= 4 is 27.4 Å². The van der Waals surface area contributed by atoms with Gasteiger partial charge in [0.25, 0.3) is 0 Å². The summed E-state index contributed by atoms with van der Waals surface area (Å²) in [6, 6.07) is 12.9. The van der Waals surface area contributed by atoms with Gasteiger partial charge in [-0.25, -0.2) is 0 Å². The van der Waals surface area contributed by atoms with Crippen LogP contribution in [0.5, 0.6) is 5.75 Å². The average molecular weight is 249 g/mol. The molecule has 0 radical (unpaired) electrons. The summed E-state index contributed by atoms with van der Waals surface area (Å²) in [5, 5.41) is 2.54. The molecule has 4 rings (SSSR count). The van der Waals surface area contributed by atoms with Gasteiger partial charge in [-0.15, -0.1) is 0 Å². The molecule has 0 spiro atoms. The molecule has 2 aromatic carbocycles. The van der Waals surface area contributed by atoms with E-state index in [0.29, 0.717) is 0 Å². The van der Waals surface area contributed by atoms with Crippen molar-refractivity contribution in [2.75, 3.05) is 6.61 Å². The summed E-state index contributed by atoms with van der Waals surface area (Å²) in [4.78, 5) is 0. The Kier molecular flexibility index (Phi) is 2.05. The molecule has 1 aliphatic rings. The maximum atomic E-state index is 5.79. The molecule has 19 heavy (non-hydrogen) atoms. The van der Waals surface area contributed by atoms with Crippen molar-refractivity contribution in [2.45, 2.75) is 6.42 Å². The second-order valence-electron chi connectivity index (χ2n) is 5.14. The molecule has 0 fully saturated rings. The summed E-state index contributed by atoms with van der Waals surface area (Å²) in [6.07, 6.45) is 0.919. The van der Waals surface area contributed by atoms with Crippen molar-refractivity contribution in [2.24, 2.45) is 7.05 Å². The zero-order chi connectivity index (χ0) is 13.0. The quantitative estimate of drug-likeness (QED) is 0.584. The molecule has 1 aromatic heterocycles. The van der Waals surface area contributed by atoms with E-state index in [2.05, 4.69) is 54.6 Å². The molecule has 0 bridgehead atoms. The van der Waals surface area contributed by atoms with Gasteiger partial charge in [-0.3, -0.25) is 0 Å². The van der Waals surface area contributed by atoms with Crippen LogP contribution in [0.25, 0.3) is 27.4 Å². The Morgan fingerprint density at radius 1 is 1.11 bits per heavy atom. The molecule has 0 N–H and O–H groups in total. The van der Waals surface area contributed by atoms with Crippen LogP contribution in [0.2, 0.25) is 0 Å². The molecule has 0 saturated heterocycles. The molecule has 2 nitrogen and oxygen atoms in total. The van der Waals surface area contributed by atoms with Gasteiger partial charge in [0.15, 0.2) is 0 Å². The van der Waals surface area contributed by atoms with Gasteiger partial charge in [0.05, 0.1) is 6.61 Å². The fourth-order valence-electron chi connectivity index (χ4n) is 3.00. The second-order valence-corrected chi connectivity index (χ2v) is 5.14. The Bertz CT molecular complexity index is 826. The zero-order valence-corrected chi connectivity index (χ0v) is 10.9. The zero-order valence-electron chi connectivity index (χ0n) is 10.9. The highest BCUT2D eigenvalue weighted by molar-refractivity contribution is 6.09. The summed E-state index contributed by atoms with van der Waals surface area (Å²) in [5.74, 6) is 0.972. The van der Waals surface area contributed by atoms with E-state index in [0.717, 1.165) is 24.3 Å². The number of aryl methyl sites for hydroxylation is 1. The minimum absolute atomic E-state index is 0.738. The van der Waals surface area contributed by atoms with Gasteiger partial charge >= 0.3 is 0 Å². The molecule has 94 valence electrons. The highest BCUT2D eigenvalue weighted by atomic mass is 16.5. The summed E-state index contributed by atoms with van der Waals surface area (Å²) < 4.78 is 8.03. The van der Waals surface area contributed by atoms with Crippen LogP contribution in [-0.2, 0) is 7.05 Å². The summed E-state index contributed by atoms with van der Waals surface area (Å²) in [7, 11) is 2.11. The summed E-state index contributed by atoms with van der Waals surface area (Å²) in [5.41, 5.74) is 4.83. The highest BCUT2D eigenvalue weighted by Gasteiger charge is 2.17. The molecule has 2 heteroatoms.